The van der Waals surface area contributed by atoms with Gasteiger partial charge in [-0.2, -0.15) is 0 Å². The Hall–Kier alpha value is -1.83. The number of aliphatic carboxylic acids is 1. The largest absolute Gasteiger partial charge is 0.481 e. The summed E-state index contributed by atoms with van der Waals surface area (Å²) in [4.78, 5) is 11.0. The monoisotopic (exact) mass is 226 g/mol. The van der Waals surface area contributed by atoms with E-state index in [4.69, 9.17) is 5.11 Å². The predicted octanol–water partition coefficient (Wildman–Crippen LogP) is 3.03. The van der Waals surface area contributed by atoms with Crippen molar-refractivity contribution in [1.82, 2.24) is 0 Å². The van der Waals surface area contributed by atoms with Crippen molar-refractivity contribution in [2.75, 3.05) is 0 Å². The van der Waals surface area contributed by atoms with Gasteiger partial charge in [0.2, 0.25) is 0 Å². The summed E-state index contributed by atoms with van der Waals surface area (Å²) in [5, 5.41) is 11.5. The molecule has 1 aliphatic rings. The number of hydrogen-bond acceptors (Lipinski definition) is 1. The van der Waals surface area contributed by atoms with Gasteiger partial charge in [-0.1, -0.05) is 36.4 Å². The number of fused-ring (bicyclic) bond motifs is 2. The molecule has 2 nitrogen and oxygen atoms in total. The molecule has 1 unspecified atom stereocenters. The van der Waals surface area contributed by atoms with E-state index in [1.54, 1.807) is 0 Å². The minimum Gasteiger partial charge on any atom is -0.481 e. The van der Waals surface area contributed by atoms with Crippen LogP contribution in [0.2, 0.25) is 0 Å². The molecule has 1 aliphatic carbocycles. The van der Waals surface area contributed by atoms with Crippen molar-refractivity contribution < 1.29 is 9.90 Å². The Kier molecular flexibility index (Phi) is 2.36. The molecule has 0 bridgehead atoms. The molecule has 0 aromatic heterocycles. The van der Waals surface area contributed by atoms with Crippen LogP contribution in [-0.2, 0) is 17.6 Å². The first-order valence-electron chi connectivity index (χ1n) is 5.97. The van der Waals surface area contributed by atoms with E-state index in [0.29, 0.717) is 6.42 Å². The molecule has 1 atom stereocenters. The smallest absolute Gasteiger partial charge is 0.306 e. The zero-order valence-electron chi connectivity index (χ0n) is 9.52. The Labute approximate surface area is 99.9 Å². The fraction of sp³-hybridized carbons (Fsp3) is 0.267. The summed E-state index contributed by atoms with van der Waals surface area (Å²) in [6.07, 6.45) is 2.33. The first-order chi connectivity index (χ1) is 8.24. The van der Waals surface area contributed by atoms with Gasteiger partial charge < -0.3 is 5.11 Å². The highest BCUT2D eigenvalue weighted by Gasteiger charge is 2.24. The SMILES string of the molecule is O=C(O)C1CCc2cc3ccccc3cc2C1. The summed E-state index contributed by atoms with van der Waals surface area (Å²) in [7, 11) is 0. The van der Waals surface area contributed by atoms with Gasteiger partial charge in [0.25, 0.3) is 0 Å². The maximum atomic E-state index is 11.0. The lowest BCUT2D eigenvalue weighted by Crippen LogP contribution is -2.22. The third-order valence-electron chi connectivity index (χ3n) is 3.65. The molecule has 0 saturated carbocycles. The van der Waals surface area contributed by atoms with Crippen molar-refractivity contribution in [2.45, 2.75) is 19.3 Å². The molecule has 0 fully saturated rings. The van der Waals surface area contributed by atoms with E-state index >= 15 is 0 Å². The highest BCUT2D eigenvalue weighted by Crippen LogP contribution is 2.29. The lowest BCUT2D eigenvalue weighted by molar-refractivity contribution is -0.142. The standard InChI is InChI=1S/C15H14O2/c16-15(17)13-6-5-12-7-10-3-1-2-4-11(10)8-14(12)9-13/h1-4,7-8,13H,5-6,9H2,(H,16,17). The fourth-order valence-electron chi connectivity index (χ4n) is 2.67. The van der Waals surface area contributed by atoms with E-state index in [2.05, 4.69) is 24.3 Å². The van der Waals surface area contributed by atoms with Gasteiger partial charge in [-0.25, -0.2) is 0 Å². The number of carboxylic acid groups (broad SMARTS) is 1. The van der Waals surface area contributed by atoms with Crippen molar-refractivity contribution in [2.24, 2.45) is 5.92 Å². The first kappa shape index (κ1) is 10.3. The first-order valence-corrected chi connectivity index (χ1v) is 5.97. The van der Waals surface area contributed by atoms with E-state index in [0.717, 1.165) is 12.8 Å². The van der Waals surface area contributed by atoms with Crippen LogP contribution in [0.25, 0.3) is 10.8 Å². The van der Waals surface area contributed by atoms with Crippen LogP contribution in [0, 0.1) is 5.92 Å². The molecule has 0 radical (unpaired) electrons. The van der Waals surface area contributed by atoms with Crippen LogP contribution < -0.4 is 0 Å². The van der Waals surface area contributed by atoms with E-state index in [1.165, 1.54) is 21.9 Å². The van der Waals surface area contributed by atoms with Crippen molar-refractivity contribution in [1.29, 1.82) is 0 Å². The molecule has 0 amide bonds. The van der Waals surface area contributed by atoms with Crippen LogP contribution in [0.5, 0.6) is 0 Å². The summed E-state index contributed by atoms with van der Waals surface area (Å²) >= 11 is 0. The highest BCUT2D eigenvalue weighted by molar-refractivity contribution is 5.84. The second kappa shape index (κ2) is 3.88. The summed E-state index contributed by atoms with van der Waals surface area (Å²) in [5.74, 6) is -0.868. The summed E-state index contributed by atoms with van der Waals surface area (Å²) in [6.45, 7) is 0. The number of aryl methyl sites for hydroxylation is 1. The third-order valence-corrected chi connectivity index (χ3v) is 3.65. The van der Waals surface area contributed by atoms with Gasteiger partial charge in [-0.15, -0.1) is 0 Å². The average Bonchev–Trinajstić information content (AvgIpc) is 2.35. The van der Waals surface area contributed by atoms with Crippen LogP contribution in [0.4, 0.5) is 0 Å². The minimum absolute atomic E-state index is 0.205. The van der Waals surface area contributed by atoms with Crippen LogP contribution in [0.1, 0.15) is 17.5 Å². The lowest BCUT2D eigenvalue weighted by Gasteiger charge is -2.22. The predicted molar refractivity (Wildman–Crippen MR) is 67.1 cm³/mol. The quantitative estimate of drug-likeness (QED) is 0.811. The molecule has 0 spiro atoms. The Bertz CT molecular complexity index is 586. The van der Waals surface area contributed by atoms with E-state index in [1.807, 2.05) is 12.1 Å². The molecule has 1 N–H and O–H groups in total. The van der Waals surface area contributed by atoms with Gasteiger partial charge in [0.05, 0.1) is 5.92 Å². The van der Waals surface area contributed by atoms with Gasteiger partial charge in [0.15, 0.2) is 0 Å². The maximum absolute atomic E-state index is 11.0. The molecular formula is C15H14O2. The summed E-state index contributed by atoms with van der Waals surface area (Å²) < 4.78 is 0. The van der Waals surface area contributed by atoms with Crippen molar-refractivity contribution in [3.63, 3.8) is 0 Å². The summed E-state index contributed by atoms with van der Waals surface area (Å²) in [6, 6.07) is 12.6. The van der Waals surface area contributed by atoms with Crippen LogP contribution in [0.15, 0.2) is 36.4 Å². The zero-order chi connectivity index (χ0) is 11.8. The van der Waals surface area contributed by atoms with Gasteiger partial charge in [-0.05, 0) is 41.2 Å². The molecule has 2 aromatic carbocycles. The third kappa shape index (κ3) is 1.80. The van der Waals surface area contributed by atoms with Gasteiger partial charge in [-0.3, -0.25) is 4.79 Å². The molecule has 0 heterocycles. The normalized spacial score (nSPS) is 18.9. The Morgan fingerprint density at radius 1 is 1.12 bits per heavy atom. The molecule has 2 heteroatoms. The average molecular weight is 226 g/mol. The molecule has 2 aromatic rings. The second-order valence-electron chi connectivity index (χ2n) is 4.75. The number of carboxylic acids is 1. The van der Waals surface area contributed by atoms with Crippen molar-refractivity contribution in [3.05, 3.63) is 47.5 Å². The van der Waals surface area contributed by atoms with E-state index in [-0.39, 0.29) is 5.92 Å². The van der Waals surface area contributed by atoms with Crippen LogP contribution in [-0.4, -0.2) is 11.1 Å². The van der Waals surface area contributed by atoms with E-state index in [9.17, 15) is 4.79 Å². The number of carbonyl (C=O) groups is 1. The lowest BCUT2D eigenvalue weighted by atomic mass is 9.83. The zero-order valence-corrected chi connectivity index (χ0v) is 9.52. The number of benzene rings is 2. The molecule has 86 valence electrons. The second-order valence-corrected chi connectivity index (χ2v) is 4.75. The van der Waals surface area contributed by atoms with Crippen LogP contribution in [0.3, 0.4) is 0 Å². The Balaban J connectivity index is 2.07. The van der Waals surface area contributed by atoms with Gasteiger partial charge >= 0.3 is 5.97 Å². The summed E-state index contributed by atoms with van der Waals surface area (Å²) in [5.41, 5.74) is 2.53. The Morgan fingerprint density at radius 3 is 2.41 bits per heavy atom. The van der Waals surface area contributed by atoms with Crippen molar-refractivity contribution >= 4 is 16.7 Å². The Morgan fingerprint density at radius 2 is 1.76 bits per heavy atom. The number of hydrogen-bond donors (Lipinski definition) is 1. The van der Waals surface area contributed by atoms with Gasteiger partial charge in [0, 0.05) is 0 Å². The van der Waals surface area contributed by atoms with E-state index < -0.39 is 5.97 Å². The fourth-order valence-corrected chi connectivity index (χ4v) is 2.67. The maximum Gasteiger partial charge on any atom is 0.306 e. The molecule has 0 saturated heterocycles. The number of rotatable bonds is 1. The molecule has 3 rings (SSSR count). The van der Waals surface area contributed by atoms with Crippen molar-refractivity contribution in [3.8, 4) is 0 Å². The highest BCUT2D eigenvalue weighted by atomic mass is 16.4. The molecule has 17 heavy (non-hydrogen) atoms. The van der Waals surface area contributed by atoms with Gasteiger partial charge in [0.1, 0.15) is 0 Å². The molecular weight excluding hydrogens is 212 g/mol. The minimum atomic E-state index is -0.663. The molecule has 0 aliphatic heterocycles. The van der Waals surface area contributed by atoms with Crippen LogP contribution >= 0.6 is 0 Å². The topological polar surface area (TPSA) is 37.3 Å².